The van der Waals surface area contributed by atoms with Crippen molar-refractivity contribution in [1.29, 1.82) is 0 Å². The Kier molecular flexibility index (Phi) is 6.73. The van der Waals surface area contributed by atoms with Crippen molar-refractivity contribution in [2.75, 3.05) is 13.1 Å². The molecule has 0 aliphatic heterocycles. The van der Waals surface area contributed by atoms with Crippen molar-refractivity contribution in [3.8, 4) is 0 Å². The van der Waals surface area contributed by atoms with E-state index in [1.165, 1.54) is 0 Å². The van der Waals surface area contributed by atoms with Crippen LogP contribution in [0.4, 0.5) is 8.78 Å². The maximum absolute atomic E-state index is 12.8. The van der Waals surface area contributed by atoms with Gasteiger partial charge in [-0.1, -0.05) is 15.9 Å². The summed E-state index contributed by atoms with van der Waals surface area (Å²) in [7, 11) is 0. The minimum atomic E-state index is -3.07. The van der Waals surface area contributed by atoms with Crippen LogP contribution in [0.5, 0.6) is 0 Å². The highest BCUT2D eigenvalue weighted by Gasteiger charge is 2.27. The predicted molar refractivity (Wildman–Crippen MR) is 72.5 cm³/mol. The average molecular weight is 344 g/mol. The molecule has 0 radical (unpaired) electrons. The zero-order valence-corrected chi connectivity index (χ0v) is 12.1. The number of halogens is 4. The zero-order valence-electron chi connectivity index (χ0n) is 9.67. The van der Waals surface area contributed by atoms with E-state index in [2.05, 4.69) is 21.2 Å². The molecule has 7 heteroatoms. The monoisotopic (exact) mass is 342 g/mol. The van der Waals surface area contributed by atoms with Crippen LogP contribution in [0.3, 0.4) is 0 Å². The van der Waals surface area contributed by atoms with E-state index in [1.807, 2.05) is 6.92 Å². The highest BCUT2D eigenvalue weighted by Crippen LogP contribution is 2.17. The van der Waals surface area contributed by atoms with E-state index in [-0.39, 0.29) is 12.4 Å². The van der Waals surface area contributed by atoms with Gasteiger partial charge in [0.2, 0.25) is 0 Å². The molecule has 3 nitrogen and oxygen atoms in total. The number of aryl methyl sites for hydroxylation is 1. The summed E-state index contributed by atoms with van der Waals surface area (Å²) < 4.78 is 26.5. The number of amides is 1. The Labute approximate surface area is 119 Å². The van der Waals surface area contributed by atoms with E-state index in [9.17, 15) is 13.6 Å². The molecule has 0 saturated carbocycles. The second-order valence-electron chi connectivity index (χ2n) is 3.71. The largest absolute Gasteiger partial charge is 0.346 e. The summed E-state index contributed by atoms with van der Waals surface area (Å²) in [6.07, 6.45) is 0. The van der Waals surface area contributed by atoms with Crippen molar-refractivity contribution >= 4 is 34.2 Å². The number of nitrogens with one attached hydrogen (secondary N) is 1. The molecule has 1 rings (SSSR count). The first-order valence-electron chi connectivity index (χ1n) is 4.98. The van der Waals surface area contributed by atoms with E-state index < -0.39 is 24.9 Å². The molecule has 0 saturated heterocycles. The van der Waals surface area contributed by atoms with Crippen molar-refractivity contribution in [3.05, 3.63) is 33.8 Å². The Morgan fingerprint density at radius 3 is 2.61 bits per heavy atom. The fourth-order valence-electron chi connectivity index (χ4n) is 1.17. The number of rotatable bonds is 4. The number of alkyl halides is 2. The maximum Gasteiger partial charge on any atom is 0.277 e. The summed E-state index contributed by atoms with van der Waals surface area (Å²) in [6.45, 7) is 0.277. The number of hydrogen-bond donors (Lipinski definition) is 2. The highest BCUT2D eigenvalue weighted by atomic mass is 79.9. The van der Waals surface area contributed by atoms with Crippen molar-refractivity contribution < 1.29 is 13.6 Å². The Morgan fingerprint density at radius 1 is 1.50 bits per heavy atom. The van der Waals surface area contributed by atoms with Gasteiger partial charge in [0.05, 0.1) is 13.1 Å². The maximum atomic E-state index is 12.8. The molecular formula is C11H14BrClF2N2O. The second kappa shape index (κ2) is 7.01. The summed E-state index contributed by atoms with van der Waals surface area (Å²) in [5, 5.41) is 2.15. The average Bonchev–Trinajstić information content (AvgIpc) is 2.30. The molecule has 18 heavy (non-hydrogen) atoms. The number of hydrogen-bond acceptors (Lipinski definition) is 2. The van der Waals surface area contributed by atoms with Crippen LogP contribution < -0.4 is 11.1 Å². The minimum Gasteiger partial charge on any atom is -0.346 e. The Balaban J connectivity index is 0.00000289. The van der Waals surface area contributed by atoms with Crippen LogP contribution in [0, 0.1) is 6.92 Å². The van der Waals surface area contributed by atoms with E-state index in [0.29, 0.717) is 5.56 Å². The standard InChI is InChI=1S/C11H13BrF2N2O.ClH/c1-7-4-8(2-3-9(7)12)10(17)16-6-11(13,14)5-15;/h2-4H,5-6,15H2,1H3,(H,16,17);1H. The first-order valence-corrected chi connectivity index (χ1v) is 5.77. The van der Waals surface area contributed by atoms with Gasteiger partial charge in [0.15, 0.2) is 0 Å². The van der Waals surface area contributed by atoms with Gasteiger partial charge in [-0.05, 0) is 30.7 Å². The molecule has 0 unspecified atom stereocenters. The van der Waals surface area contributed by atoms with Gasteiger partial charge >= 0.3 is 0 Å². The van der Waals surface area contributed by atoms with Crippen LogP contribution >= 0.6 is 28.3 Å². The van der Waals surface area contributed by atoms with Gasteiger partial charge in [0, 0.05) is 10.0 Å². The van der Waals surface area contributed by atoms with Gasteiger partial charge in [-0.2, -0.15) is 0 Å². The van der Waals surface area contributed by atoms with Gasteiger partial charge in [-0.25, -0.2) is 8.78 Å². The van der Waals surface area contributed by atoms with Crippen molar-refractivity contribution in [2.45, 2.75) is 12.8 Å². The number of carbonyl (C=O) groups excluding carboxylic acids is 1. The van der Waals surface area contributed by atoms with E-state index in [0.717, 1.165) is 10.0 Å². The summed E-state index contributed by atoms with van der Waals surface area (Å²) in [5.74, 6) is -3.60. The summed E-state index contributed by atoms with van der Waals surface area (Å²) >= 11 is 3.29. The van der Waals surface area contributed by atoms with Crippen LogP contribution in [-0.2, 0) is 0 Å². The molecule has 0 aliphatic carbocycles. The lowest BCUT2D eigenvalue weighted by atomic mass is 10.1. The number of carbonyl (C=O) groups is 1. The number of nitrogens with two attached hydrogens (primary N) is 1. The quantitative estimate of drug-likeness (QED) is 0.882. The smallest absolute Gasteiger partial charge is 0.277 e. The third kappa shape index (κ3) is 4.88. The van der Waals surface area contributed by atoms with E-state index in [1.54, 1.807) is 18.2 Å². The second-order valence-corrected chi connectivity index (χ2v) is 4.56. The Hall–Kier alpha value is -0.720. The molecule has 1 aromatic carbocycles. The first-order chi connectivity index (χ1) is 7.85. The Morgan fingerprint density at radius 2 is 2.11 bits per heavy atom. The van der Waals surface area contributed by atoms with Gasteiger partial charge < -0.3 is 11.1 Å². The summed E-state index contributed by atoms with van der Waals surface area (Å²) in [5.41, 5.74) is 6.08. The third-order valence-corrected chi connectivity index (χ3v) is 3.12. The normalized spacial score (nSPS) is 10.7. The molecule has 0 fully saturated rings. The van der Waals surface area contributed by atoms with Gasteiger partial charge in [-0.15, -0.1) is 12.4 Å². The molecule has 0 spiro atoms. The predicted octanol–water partition coefficient (Wildman–Crippen LogP) is 2.50. The zero-order chi connectivity index (χ0) is 13.1. The van der Waals surface area contributed by atoms with Crippen LogP contribution in [0.15, 0.2) is 22.7 Å². The minimum absolute atomic E-state index is 0. The highest BCUT2D eigenvalue weighted by molar-refractivity contribution is 9.10. The van der Waals surface area contributed by atoms with E-state index in [4.69, 9.17) is 5.73 Å². The van der Waals surface area contributed by atoms with Crippen LogP contribution in [0.1, 0.15) is 15.9 Å². The van der Waals surface area contributed by atoms with Crippen LogP contribution in [-0.4, -0.2) is 24.9 Å². The molecule has 0 aromatic heterocycles. The molecule has 0 heterocycles. The molecule has 3 N–H and O–H groups in total. The lowest BCUT2D eigenvalue weighted by molar-refractivity contribution is 0.0118. The van der Waals surface area contributed by atoms with Gasteiger partial charge in [0.25, 0.3) is 11.8 Å². The third-order valence-electron chi connectivity index (χ3n) is 2.23. The van der Waals surface area contributed by atoms with Crippen LogP contribution in [0.2, 0.25) is 0 Å². The molecular weight excluding hydrogens is 329 g/mol. The molecule has 0 bridgehead atoms. The molecule has 102 valence electrons. The SMILES string of the molecule is Cc1cc(C(=O)NCC(F)(F)CN)ccc1Br.Cl. The summed E-state index contributed by atoms with van der Waals surface area (Å²) in [4.78, 5) is 11.6. The fraction of sp³-hybridized carbons (Fsp3) is 0.364. The fourth-order valence-corrected chi connectivity index (χ4v) is 1.42. The van der Waals surface area contributed by atoms with Gasteiger partial charge in [0.1, 0.15) is 0 Å². The topological polar surface area (TPSA) is 55.1 Å². The molecule has 1 amide bonds. The first kappa shape index (κ1) is 17.3. The van der Waals surface area contributed by atoms with Gasteiger partial charge in [-0.3, -0.25) is 4.79 Å². The van der Waals surface area contributed by atoms with Crippen molar-refractivity contribution in [1.82, 2.24) is 5.32 Å². The number of benzene rings is 1. The van der Waals surface area contributed by atoms with Crippen molar-refractivity contribution in [3.63, 3.8) is 0 Å². The van der Waals surface area contributed by atoms with Crippen LogP contribution in [0.25, 0.3) is 0 Å². The van der Waals surface area contributed by atoms with Crippen molar-refractivity contribution in [2.24, 2.45) is 5.73 Å². The summed E-state index contributed by atoms with van der Waals surface area (Å²) in [6, 6.07) is 4.89. The lowest BCUT2D eigenvalue weighted by Crippen LogP contribution is -2.41. The molecule has 0 atom stereocenters. The molecule has 1 aromatic rings. The lowest BCUT2D eigenvalue weighted by Gasteiger charge is -2.14. The molecule has 0 aliphatic rings. The van der Waals surface area contributed by atoms with E-state index >= 15 is 0 Å². The Bertz CT molecular complexity index is 430.